The van der Waals surface area contributed by atoms with Crippen molar-refractivity contribution < 1.29 is 31.1 Å². The molecule has 0 aromatic heterocycles. The molecule has 0 bridgehead atoms. The molecule has 0 fully saturated rings. The van der Waals surface area contributed by atoms with Gasteiger partial charge in [0.15, 0.2) is 0 Å². The zero-order valence-corrected chi connectivity index (χ0v) is 22.8. The number of aryl methyl sites for hydroxylation is 1. The summed E-state index contributed by atoms with van der Waals surface area (Å²) in [6, 6.07) is 16.7. The van der Waals surface area contributed by atoms with Gasteiger partial charge in [0.1, 0.15) is 17.9 Å². The third kappa shape index (κ3) is 6.06. The van der Waals surface area contributed by atoms with E-state index < -0.39 is 45.9 Å². The Morgan fingerprint density at radius 3 is 2.33 bits per heavy atom. The number of anilines is 1. The SMILES string of the molecule is CCC1(CC)C[C@@H](NC(=O)CN(c2cccc(C(F)(F)F)c2)S(=O)(=O)c2ccc(C)cc2)c2ccccc2O1. The van der Waals surface area contributed by atoms with Gasteiger partial charge < -0.3 is 10.1 Å². The lowest BCUT2D eigenvalue weighted by Gasteiger charge is -2.41. The Balaban J connectivity index is 1.70. The van der Waals surface area contributed by atoms with Gasteiger partial charge in [-0.05, 0) is 56.2 Å². The summed E-state index contributed by atoms with van der Waals surface area (Å²) in [5.74, 6) is -0.00864. The number of carbonyl (C=O) groups is 1. The van der Waals surface area contributed by atoms with E-state index in [1.807, 2.05) is 38.1 Å². The molecule has 1 atom stereocenters. The molecule has 1 heterocycles. The summed E-state index contributed by atoms with van der Waals surface area (Å²) in [7, 11) is -4.38. The molecule has 10 heteroatoms. The van der Waals surface area contributed by atoms with Crippen molar-refractivity contribution >= 4 is 21.6 Å². The topological polar surface area (TPSA) is 75.7 Å². The van der Waals surface area contributed by atoms with Gasteiger partial charge in [-0.25, -0.2) is 8.42 Å². The Labute approximate surface area is 226 Å². The number of para-hydroxylation sites is 1. The minimum Gasteiger partial charge on any atom is -0.487 e. The fourth-order valence-corrected chi connectivity index (χ4v) is 6.20. The van der Waals surface area contributed by atoms with E-state index in [2.05, 4.69) is 5.32 Å². The first-order valence-electron chi connectivity index (χ1n) is 12.7. The molecular formula is C29H31F3N2O4S. The lowest BCUT2D eigenvalue weighted by Crippen LogP contribution is -2.47. The van der Waals surface area contributed by atoms with E-state index >= 15 is 0 Å². The van der Waals surface area contributed by atoms with Crippen LogP contribution in [0.5, 0.6) is 5.75 Å². The van der Waals surface area contributed by atoms with Gasteiger partial charge >= 0.3 is 6.18 Å². The minimum absolute atomic E-state index is 0.134. The lowest BCUT2D eigenvalue weighted by atomic mass is 9.83. The maximum absolute atomic E-state index is 13.7. The van der Waals surface area contributed by atoms with Gasteiger partial charge in [-0.2, -0.15) is 13.2 Å². The first-order chi connectivity index (χ1) is 18.4. The highest BCUT2D eigenvalue weighted by Crippen LogP contribution is 2.42. The number of hydrogen-bond acceptors (Lipinski definition) is 4. The van der Waals surface area contributed by atoms with Crippen LogP contribution in [-0.2, 0) is 21.0 Å². The zero-order valence-electron chi connectivity index (χ0n) is 22.0. The van der Waals surface area contributed by atoms with Crippen molar-refractivity contribution in [1.82, 2.24) is 5.32 Å². The van der Waals surface area contributed by atoms with E-state index in [1.165, 1.54) is 18.2 Å². The summed E-state index contributed by atoms with van der Waals surface area (Å²) in [4.78, 5) is 13.3. The number of ether oxygens (including phenoxy) is 1. The molecule has 0 spiro atoms. The van der Waals surface area contributed by atoms with Crippen LogP contribution in [0.4, 0.5) is 18.9 Å². The van der Waals surface area contributed by atoms with Gasteiger partial charge in [-0.1, -0.05) is 55.8 Å². The third-order valence-corrected chi connectivity index (χ3v) is 8.97. The molecule has 1 aliphatic heterocycles. The first-order valence-corrected chi connectivity index (χ1v) is 14.2. The van der Waals surface area contributed by atoms with Crippen LogP contribution in [0, 0.1) is 6.92 Å². The van der Waals surface area contributed by atoms with Crippen molar-refractivity contribution in [2.24, 2.45) is 0 Å². The minimum atomic E-state index is -4.69. The predicted molar refractivity (Wildman–Crippen MR) is 143 cm³/mol. The molecule has 3 aromatic carbocycles. The fourth-order valence-electron chi connectivity index (χ4n) is 4.79. The number of benzene rings is 3. The average molecular weight is 561 g/mol. The van der Waals surface area contributed by atoms with Crippen LogP contribution in [0.3, 0.4) is 0 Å². The van der Waals surface area contributed by atoms with Crippen LogP contribution in [0.25, 0.3) is 0 Å². The highest BCUT2D eigenvalue weighted by Gasteiger charge is 2.39. The number of carbonyl (C=O) groups excluding carboxylic acids is 1. The van der Waals surface area contributed by atoms with Crippen molar-refractivity contribution in [2.75, 3.05) is 10.8 Å². The average Bonchev–Trinajstić information content (AvgIpc) is 2.91. The molecule has 0 aliphatic carbocycles. The van der Waals surface area contributed by atoms with E-state index in [1.54, 1.807) is 19.1 Å². The highest BCUT2D eigenvalue weighted by molar-refractivity contribution is 7.92. The Hall–Kier alpha value is -3.53. The second kappa shape index (κ2) is 10.9. The molecule has 0 saturated carbocycles. The largest absolute Gasteiger partial charge is 0.487 e. The van der Waals surface area contributed by atoms with E-state index in [-0.39, 0.29) is 10.6 Å². The Morgan fingerprint density at radius 1 is 1.03 bits per heavy atom. The van der Waals surface area contributed by atoms with E-state index in [0.717, 1.165) is 33.6 Å². The van der Waals surface area contributed by atoms with Crippen LogP contribution < -0.4 is 14.4 Å². The number of hydrogen-bond donors (Lipinski definition) is 1. The number of amides is 1. The number of nitrogens with one attached hydrogen (secondary N) is 1. The molecule has 1 aliphatic rings. The second-order valence-corrected chi connectivity index (χ2v) is 11.6. The van der Waals surface area contributed by atoms with Crippen molar-refractivity contribution in [1.29, 1.82) is 0 Å². The molecule has 208 valence electrons. The van der Waals surface area contributed by atoms with Crippen LogP contribution >= 0.6 is 0 Å². The van der Waals surface area contributed by atoms with Gasteiger partial charge in [0.2, 0.25) is 5.91 Å². The fraction of sp³-hybridized carbons (Fsp3) is 0.345. The van der Waals surface area contributed by atoms with E-state index in [9.17, 15) is 26.4 Å². The molecular weight excluding hydrogens is 529 g/mol. The van der Waals surface area contributed by atoms with Crippen molar-refractivity contribution in [3.8, 4) is 5.75 Å². The standard InChI is InChI=1S/C29H31F3N2O4S/c1-4-28(5-2)18-25(24-11-6-7-12-26(24)38-28)33-27(35)19-34(22-10-8-9-21(17-22)29(30,31)32)39(36,37)23-15-13-20(3)14-16-23/h6-17,25H,4-5,18-19H2,1-3H3,(H,33,35)/t25-/m1/s1. The van der Waals surface area contributed by atoms with Crippen LogP contribution in [-0.4, -0.2) is 26.5 Å². The second-order valence-electron chi connectivity index (χ2n) is 9.73. The quantitative estimate of drug-likeness (QED) is 0.346. The number of nitrogens with zero attached hydrogens (tertiary/aromatic N) is 1. The number of rotatable bonds is 8. The number of halogens is 3. The molecule has 3 aromatic rings. The summed E-state index contributed by atoms with van der Waals surface area (Å²) in [6.07, 6.45) is -2.82. The summed E-state index contributed by atoms with van der Waals surface area (Å²) in [6.45, 7) is 5.08. The molecule has 0 unspecified atom stereocenters. The first kappa shape index (κ1) is 28.5. The molecule has 0 radical (unpaired) electrons. The van der Waals surface area contributed by atoms with Crippen LogP contribution in [0.15, 0.2) is 77.7 Å². The van der Waals surface area contributed by atoms with Gasteiger partial charge in [-0.3, -0.25) is 9.10 Å². The zero-order chi connectivity index (χ0) is 28.4. The summed E-state index contributed by atoms with van der Waals surface area (Å²) < 4.78 is 74.8. The Morgan fingerprint density at radius 2 is 1.69 bits per heavy atom. The summed E-state index contributed by atoms with van der Waals surface area (Å²) in [5.41, 5.74) is -0.217. The van der Waals surface area contributed by atoms with Crippen LogP contribution in [0.2, 0.25) is 0 Å². The maximum Gasteiger partial charge on any atom is 0.416 e. The van der Waals surface area contributed by atoms with E-state index in [4.69, 9.17) is 4.74 Å². The molecule has 4 rings (SSSR count). The number of fused-ring (bicyclic) bond motifs is 1. The van der Waals surface area contributed by atoms with Gasteiger partial charge in [0.05, 0.1) is 22.2 Å². The van der Waals surface area contributed by atoms with Crippen molar-refractivity contribution in [3.63, 3.8) is 0 Å². The molecule has 6 nitrogen and oxygen atoms in total. The Kier molecular flexibility index (Phi) is 7.97. The molecule has 0 saturated heterocycles. The smallest absolute Gasteiger partial charge is 0.416 e. The third-order valence-electron chi connectivity index (χ3n) is 7.18. The van der Waals surface area contributed by atoms with Gasteiger partial charge in [-0.15, -0.1) is 0 Å². The van der Waals surface area contributed by atoms with Crippen LogP contribution in [0.1, 0.15) is 55.8 Å². The molecule has 1 amide bonds. The lowest BCUT2D eigenvalue weighted by molar-refractivity contribution is -0.137. The number of sulfonamides is 1. The van der Waals surface area contributed by atoms with E-state index in [0.29, 0.717) is 25.0 Å². The maximum atomic E-state index is 13.7. The number of alkyl halides is 3. The van der Waals surface area contributed by atoms with Crippen molar-refractivity contribution in [2.45, 2.75) is 62.7 Å². The molecule has 1 N–H and O–H groups in total. The van der Waals surface area contributed by atoms with Gasteiger partial charge in [0, 0.05) is 12.0 Å². The summed E-state index contributed by atoms with van der Waals surface area (Å²) in [5, 5.41) is 2.93. The monoisotopic (exact) mass is 560 g/mol. The summed E-state index contributed by atoms with van der Waals surface area (Å²) >= 11 is 0. The normalized spacial score (nSPS) is 16.6. The Bertz CT molecular complexity index is 1440. The highest BCUT2D eigenvalue weighted by atomic mass is 32.2. The molecule has 39 heavy (non-hydrogen) atoms. The van der Waals surface area contributed by atoms with Crippen molar-refractivity contribution in [3.05, 3.63) is 89.5 Å². The predicted octanol–water partition coefficient (Wildman–Crippen LogP) is 6.41. The van der Waals surface area contributed by atoms with Gasteiger partial charge in [0.25, 0.3) is 10.0 Å².